The summed E-state index contributed by atoms with van der Waals surface area (Å²) in [6, 6.07) is 18.6. The molecule has 0 radical (unpaired) electrons. The fourth-order valence-corrected chi connectivity index (χ4v) is 5.64. The maximum Gasteiger partial charge on any atom is 0.416 e. The Balaban J connectivity index is 1.32. The number of ether oxygens (including phenoxy) is 4. The minimum absolute atomic E-state index is 0.283. The van der Waals surface area contributed by atoms with Crippen LogP contribution >= 0.6 is 11.6 Å². The molecule has 1 aliphatic heterocycles. The SMILES string of the molecule is COCCN(CCCOc1ccc(C2c3[nH]c4ccc(Cl)cc4c3CCN2C(=O)Oc2ccc(F)cc2)cc1)CCOC. The number of H-pyrrole nitrogens is 1. The van der Waals surface area contributed by atoms with Crippen LogP contribution in [0.15, 0.2) is 66.7 Å². The van der Waals surface area contributed by atoms with E-state index < -0.39 is 18.0 Å². The third kappa shape index (κ3) is 7.67. The van der Waals surface area contributed by atoms with Gasteiger partial charge in [0, 0.05) is 62.0 Å². The number of methoxy groups -OCH3 is 2. The van der Waals surface area contributed by atoms with E-state index in [9.17, 15) is 9.18 Å². The van der Waals surface area contributed by atoms with Crippen molar-refractivity contribution in [3.63, 3.8) is 0 Å². The number of hydrogen-bond acceptors (Lipinski definition) is 6. The Hall–Kier alpha value is -3.63. The highest BCUT2D eigenvalue weighted by Gasteiger charge is 2.35. The molecule has 2 heterocycles. The van der Waals surface area contributed by atoms with Crippen LogP contribution in [-0.2, 0) is 15.9 Å². The second-order valence-electron chi connectivity index (χ2n) is 10.5. The molecule has 5 rings (SSSR count). The molecule has 1 amide bonds. The van der Waals surface area contributed by atoms with Gasteiger partial charge in [-0.15, -0.1) is 0 Å². The molecule has 1 N–H and O–H groups in total. The minimum Gasteiger partial charge on any atom is -0.494 e. The zero-order valence-electron chi connectivity index (χ0n) is 24.5. The van der Waals surface area contributed by atoms with Gasteiger partial charge in [0.2, 0.25) is 0 Å². The zero-order valence-corrected chi connectivity index (χ0v) is 25.2. The zero-order chi connectivity index (χ0) is 30.2. The summed E-state index contributed by atoms with van der Waals surface area (Å²) in [5.41, 5.74) is 3.91. The number of hydrogen-bond donors (Lipinski definition) is 1. The normalized spacial score (nSPS) is 14.7. The van der Waals surface area contributed by atoms with Crippen LogP contribution in [0.4, 0.5) is 9.18 Å². The second-order valence-corrected chi connectivity index (χ2v) is 10.9. The highest BCUT2D eigenvalue weighted by atomic mass is 35.5. The van der Waals surface area contributed by atoms with Crippen molar-refractivity contribution in [2.45, 2.75) is 18.9 Å². The topological polar surface area (TPSA) is 76.3 Å². The molecule has 1 unspecified atom stereocenters. The molecule has 0 bridgehead atoms. The summed E-state index contributed by atoms with van der Waals surface area (Å²) >= 11 is 6.33. The lowest BCUT2D eigenvalue weighted by atomic mass is 9.92. The quantitative estimate of drug-likeness (QED) is 0.175. The largest absolute Gasteiger partial charge is 0.494 e. The highest BCUT2D eigenvalue weighted by Crippen LogP contribution is 2.40. The smallest absolute Gasteiger partial charge is 0.416 e. The number of nitrogens with one attached hydrogen (secondary N) is 1. The number of aromatic amines is 1. The van der Waals surface area contributed by atoms with E-state index in [0.717, 1.165) is 59.5 Å². The molecule has 1 aromatic heterocycles. The van der Waals surface area contributed by atoms with Crippen molar-refractivity contribution in [2.75, 3.05) is 60.2 Å². The van der Waals surface area contributed by atoms with E-state index >= 15 is 0 Å². The van der Waals surface area contributed by atoms with E-state index in [1.807, 2.05) is 42.5 Å². The molecule has 0 spiro atoms. The molecule has 10 heteroatoms. The van der Waals surface area contributed by atoms with Gasteiger partial charge < -0.3 is 23.9 Å². The lowest BCUT2D eigenvalue weighted by Crippen LogP contribution is -2.42. The minimum atomic E-state index is -0.509. The van der Waals surface area contributed by atoms with Gasteiger partial charge in [-0.25, -0.2) is 9.18 Å². The monoisotopic (exact) mass is 609 g/mol. The molecule has 0 saturated heterocycles. The summed E-state index contributed by atoms with van der Waals surface area (Å²) in [6.45, 7) is 4.93. The average Bonchev–Trinajstić information content (AvgIpc) is 3.39. The molecular weight excluding hydrogens is 573 g/mol. The average molecular weight is 610 g/mol. The molecule has 1 aliphatic rings. The maximum atomic E-state index is 13.5. The first-order valence-electron chi connectivity index (χ1n) is 14.4. The van der Waals surface area contributed by atoms with Gasteiger partial charge in [-0.1, -0.05) is 23.7 Å². The van der Waals surface area contributed by atoms with Gasteiger partial charge in [-0.05, 0) is 78.6 Å². The summed E-state index contributed by atoms with van der Waals surface area (Å²) in [4.78, 5) is 21.0. The van der Waals surface area contributed by atoms with E-state index in [2.05, 4.69) is 9.88 Å². The Kier molecular flexibility index (Phi) is 10.5. The van der Waals surface area contributed by atoms with E-state index in [1.165, 1.54) is 24.3 Å². The van der Waals surface area contributed by atoms with Gasteiger partial charge in [0.05, 0.1) is 19.8 Å². The highest BCUT2D eigenvalue weighted by molar-refractivity contribution is 6.31. The van der Waals surface area contributed by atoms with Crippen molar-refractivity contribution in [3.05, 3.63) is 94.4 Å². The van der Waals surface area contributed by atoms with E-state index in [0.29, 0.717) is 37.8 Å². The number of rotatable bonds is 13. The van der Waals surface area contributed by atoms with Crippen LogP contribution in [-0.4, -0.2) is 81.1 Å². The second kappa shape index (κ2) is 14.7. The van der Waals surface area contributed by atoms with Crippen LogP contribution in [0.5, 0.6) is 11.5 Å². The number of carbonyl (C=O) groups is 1. The van der Waals surface area contributed by atoms with Crippen molar-refractivity contribution in [3.8, 4) is 11.5 Å². The van der Waals surface area contributed by atoms with E-state index in [1.54, 1.807) is 19.1 Å². The number of carbonyl (C=O) groups excluding carboxylic acids is 1. The van der Waals surface area contributed by atoms with Crippen molar-refractivity contribution < 1.29 is 28.1 Å². The lowest BCUT2D eigenvalue weighted by Gasteiger charge is -2.35. The number of amides is 1. The van der Waals surface area contributed by atoms with Crippen molar-refractivity contribution in [1.29, 1.82) is 0 Å². The summed E-state index contributed by atoms with van der Waals surface area (Å²) in [5.74, 6) is 0.643. The van der Waals surface area contributed by atoms with Crippen molar-refractivity contribution >= 4 is 28.6 Å². The van der Waals surface area contributed by atoms with Crippen LogP contribution in [0.2, 0.25) is 5.02 Å². The number of nitrogens with zero attached hydrogens (tertiary/aromatic N) is 2. The first-order valence-corrected chi connectivity index (χ1v) is 14.8. The number of halogens is 2. The molecule has 43 heavy (non-hydrogen) atoms. The van der Waals surface area contributed by atoms with Crippen LogP contribution < -0.4 is 9.47 Å². The fourth-order valence-electron chi connectivity index (χ4n) is 5.47. The summed E-state index contributed by atoms with van der Waals surface area (Å²) in [7, 11) is 3.41. The van der Waals surface area contributed by atoms with E-state index in [4.69, 9.17) is 30.5 Å². The molecule has 8 nitrogen and oxygen atoms in total. The van der Waals surface area contributed by atoms with Crippen LogP contribution in [0.25, 0.3) is 10.9 Å². The van der Waals surface area contributed by atoms with Crippen molar-refractivity contribution in [1.82, 2.24) is 14.8 Å². The Morgan fingerprint density at radius 1 is 0.953 bits per heavy atom. The van der Waals surface area contributed by atoms with Gasteiger partial charge in [-0.3, -0.25) is 9.80 Å². The van der Waals surface area contributed by atoms with Gasteiger partial charge in [-0.2, -0.15) is 0 Å². The molecule has 0 aliphatic carbocycles. The molecular formula is C33H37ClFN3O5. The molecule has 4 aromatic rings. The summed E-state index contributed by atoms with van der Waals surface area (Å²) in [5, 5.41) is 1.70. The van der Waals surface area contributed by atoms with Gasteiger partial charge in [0.25, 0.3) is 0 Å². The number of benzene rings is 3. The van der Waals surface area contributed by atoms with Gasteiger partial charge >= 0.3 is 6.09 Å². The maximum absolute atomic E-state index is 13.5. The first-order chi connectivity index (χ1) is 21.0. The molecule has 3 aromatic carbocycles. The van der Waals surface area contributed by atoms with E-state index in [-0.39, 0.29) is 5.75 Å². The van der Waals surface area contributed by atoms with Crippen LogP contribution in [0, 0.1) is 5.82 Å². The van der Waals surface area contributed by atoms with Crippen molar-refractivity contribution in [2.24, 2.45) is 0 Å². The number of fused-ring (bicyclic) bond motifs is 3. The van der Waals surface area contributed by atoms with Gasteiger partial charge in [0.15, 0.2) is 0 Å². The Labute approximate surface area is 256 Å². The Bertz CT molecular complexity index is 1490. The third-order valence-corrected chi connectivity index (χ3v) is 7.88. The van der Waals surface area contributed by atoms with Crippen LogP contribution in [0.3, 0.4) is 0 Å². The van der Waals surface area contributed by atoms with Crippen LogP contribution in [0.1, 0.15) is 29.3 Å². The molecule has 1 atom stereocenters. The summed E-state index contributed by atoms with van der Waals surface area (Å²) in [6.07, 6.45) is 0.991. The number of aromatic nitrogens is 1. The Morgan fingerprint density at radius 2 is 1.65 bits per heavy atom. The molecule has 0 saturated carbocycles. The predicted molar refractivity (Wildman–Crippen MR) is 165 cm³/mol. The van der Waals surface area contributed by atoms with Gasteiger partial charge in [0.1, 0.15) is 23.4 Å². The molecule has 228 valence electrons. The first kappa shape index (κ1) is 30.8. The third-order valence-electron chi connectivity index (χ3n) is 7.65. The lowest BCUT2D eigenvalue weighted by molar-refractivity contribution is 0.110. The fraction of sp³-hybridized carbons (Fsp3) is 0.364. The summed E-state index contributed by atoms with van der Waals surface area (Å²) < 4.78 is 35.6. The standard InChI is InChI=1S/C33H37ClFN3O5/c1-40-20-17-37(18-21-41-2)15-3-19-42-26-9-4-23(5-10-26)32-31-28(29-22-24(34)6-13-30(29)36-31)14-16-38(32)33(39)43-27-11-7-25(35)8-12-27/h4-13,22,32,36H,3,14-21H2,1-2H3. The predicted octanol–water partition coefficient (Wildman–Crippen LogP) is 6.47. The molecule has 0 fully saturated rings. The Morgan fingerprint density at radius 3 is 2.35 bits per heavy atom.